The van der Waals surface area contributed by atoms with Gasteiger partial charge in [0.15, 0.2) is 0 Å². The van der Waals surface area contributed by atoms with E-state index in [1.807, 2.05) is 11.8 Å². The zero-order valence-corrected chi connectivity index (χ0v) is 9.48. The molecule has 2 fully saturated rings. The maximum absolute atomic E-state index is 11.9. The summed E-state index contributed by atoms with van der Waals surface area (Å²) in [5.41, 5.74) is 0. The summed E-state index contributed by atoms with van der Waals surface area (Å²) < 4.78 is 0. The van der Waals surface area contributed by atoms with Gasteiger partial charge >= 0.3 is 0 Å². The van der Waals surface area contributed by atoms with Gasteiger partial charge in [0.2, 0.25) is 5.91 Å². The Kier molecular flexibility index (Phi) is 3.34. The van der Waals surface area contributed by atoms with E-state index in [1.54, 1.807) is 0 Å². The number of nitrogens with zero attached hydrogens (tertiary/aromatic N) is 1. The normalized spacial score (nSPS) is 28.6. The predicted molar refractivity (Wildman–Crippen MR) is 59.5 cm³/mol. The maximum atomic E-state index is 11.9. The molecule has 1 atom stereocenters. The number of hydrogen-bond donors (Lipinski definition) is 1. The first-order valence-corrected chi connectivity index (χ1v) is 6.47. The van der Waals surface area contributed by atoms with Crippen molar-refractivity contribution < 1.29 is 4.79 Å². The molecule has 0 saturated carbocycles. The second-order valence-electron chi connectivity index (χ2n) is 4.04. The van der Waals surface area contributed by atoms with E-state index in [2.05, 4.69) is 17.1 Å². The van der Waals surface area contributed by atoms with Gasteiger partial charge in [-0.15, -0.1) is 0 Å². The molecule has 1 N–H and O–H groups in total. The lowest BCUT2D eigenvalue weighted by atomic mass is 10.0. The van der Waals surface area contributed by atoms with Crippen LogP contribution in [0.2, 0.25) is 0 Å². The van der Waals surface area contributed by atoms with Crippen LogP contribution >= 0.6 is 11.8 Å². The molecular formula is C10H18N2OS. The van der Waals surface area contributed by atoms with Crippen LogP contribution in [0.5, 0.6) is 0 Å². The minimum atomic E-state index is 0.274. The third kappa shape index (κ3) is 2.06. The number of hydrogen-bond acceptors (Lipinski definition) is 3. The molecule has 2 aliphatic rings. The van der Waals surface area contributed by atoms with Gasteiger partial charge in [0.05, 0.1) is 5.92 Å². The third-order valence-corrected chi connectivity index (χ3v) is 4.41. The van der Waals surface area contributed by atoms with Crippen molar-refractivity contribution in [1.29, 1.82) is 0 Å². The summed E-state index contributed by atoms with van der Waals surface area (Å²) in [4.78, 5) is 14.0. The van der Waals surface area contributed by atoms with Crippen LogP contribution in [-0.4, -0.2) is 48.0 Å². The quantitative estimate of drug-likeness (QED) is 0.729. The standard InChI is InChI=1S/C10H18N2OS/c1-2-9-7-12(3-4-14-9)10(13)8-5-11-6-8/h8-9,11H,2-7H2,1H3. The molecule has 1 unspecified atom stereocenters. The fraction of sp³-hybridized carbons (Fsp3) is 0.900. The minimum Gasteiger partial charge on any atom is -0.340 e. The van der Waals surface area contributed by atoms with Crippen molar-refractivity contribution >= 4 is 17.7 Å². The van der Waals surface area contributed by atoms with Crippen molar-refractivity contribution in [2.24, 2.45) is 5.92 Å². The van der Waals surface area contributed by atoms with Crippen LogP contribution in [0, 0.1) is 5.92 Å². The molecule has 0 aromatic carbocycles. The molecular weight excluding hydrogens is 196 g/mol. The SMILES string of the molecule is CCC1CN(C(=O)C2CNC2)CCS1. The highest BCUT2D eigenvalue weighted by molar-refractivity contribution is 8.00. The molecule has 14 heavy (non-hydrogen) atoms. The number of nitrogens with one attached hydrogen (secondary N) is 1. The van der Waals surface area contributed by atoms with Crippen LogP contribution in [0.4, 0.5) is 0 Å². The van der Waals surface area contributed by atoms with Gasteiger partial charge in [-0.3, -0.25) is 4.79 Å². The Hall–Kier alpha value is -0.220. The van der Waals surface area contributed by atoms with Crippen LogP contribution in [0.3, 0.4) is 0 Å². The number of amides is 1. The average molecular weight is 214 g/mol. The highest BCUT2D eigenvalue weighted by Crippen LogP contribution is 2.22. The monoisotopic (exact) mass is 214 g/mol. The smallest absolute Gasteiger partial charge is 0.228 e. The summed E-state index contributed by atoms with van der Waals surface area (Å²) in [7, 11) is 0. The molecule has 4 heteroatoms. The zero-order chi connectivity index (χ0) is 9.97. The summed E-state index contributed by atoms with van der Waals surface area (Å²) in [6.45, 7) is 5.90. The number of rotatable bonds is 2. The molecule has 2 rings (SSSR count). The molecule has 0 spiro atoms. The van der Waals surface area contributed by atoms with E-state index < -0.39 is 0 Å². The topological polar surface area (TPSA) is 32.3 Å². The third-order valence-electron chi connectivity index (χ3n) is 3.04. The molecule has 0 radical (unpaired) electrons. The van der Waals surface area contributed by atoms with Gasteiger partial charge in [0.25, 0.3) is 0 Å². The second kappa shape index (κ2) is 4.53. The van der Waals surface area contributed by atoms with Crippen LogP contribution in [0.25, 0.3) is 0 Å². The van der Waals surface area contributed by atoms with Crippen molar-refractivity contribution in [1.82, 2.24) is 10.2 Å². The van der Waals surface area contributed by atoms with Crippen LogP contribution in [0.15, 0.2) is 0 Å². The summed E-state index contributed by atoms with van der Waals surface area (Å²) >= 11 is 2.01. The Morgan fingerprint density at radius 2 is 2.36 bits per heavy atom. The highest BCUT2D eigenvalue weighted by atomic mass is 32.2. The molecule has 0 aliphatic carbocycles. The lowest BCUT2D eigenvalue weighted by Gasteiger charge is -2.37. The Morgan fingerprint density at radius 1 is 1.57 bits per heavy atom. The Bertz CT molecular complexity index is 218. The van der Waals surface area contributed by atoms with Gasteiger partial charge < -0.3 is 10.2 Å². The molecule has 80 valence electrons. The summed E-state index contributed by atoms with van der Waals surface area (Å²) in [6.07, 6.45) is 1.18. The number of carbonyl (C=O) groups is 1. The van der Waals surface area contributed by atoms with E-state index in [0.29, 0.717) is 11.2 Å². The van der Waals surface area contributed by atoms with Crippen LogP contribution in [0.1, 0.15) is 13.3 Å². The van der Waals surface area contributed by atoms with Gasteiger partial charge in [0.1, 0.15) is 0 Å². The average Bonchev–Trinajstić information content (AvgIpc) is 2.15. The molecule has 2 heterocycles. The highest BCUT2D eigenvalue weighted by Gasteiger charge is 2.31. The molecule has 2 saturated heterocycles. The van der Waals surface area contributed by atoms with Gasteiger partial charge in [0, 0.05) is 37.2 Å². The van der Waals surface area contributed by atoms with Gasteiger partial charge in [-0.25, -0.2) is 0 Å². The molecule has 3 nitrogen and oxygen atoms in total. The molecule has 2 aliphatic heterocycles. The first-order valence-electron chi connectivity index (χ1n) is 5.42. The predicted octanol–water partition coefficient (Wildman–Crippen LogP) is 0.560. The van der Waals surface area contributed by atoms with Crippen molar-refractivity contribution in [2.75, 3.05) is 31.9 Å². The van der Waals surface area contributed by atoms with Gasteiger partial charge in [-0.05, 0) is 6.42 Å². The molecule has 0 aromatic heterocycles. The van der Waals surface area contributed by atoms with E-state index in [4.69, 9.17) is 0 Å². The first kappa shape index (κ1) is 10.3. The van der Waals surface area contributed by atoms with Crippen LogP contribution < -0.4 is 5.32 Å². The van der Waals surface area contributed by atoms with Crippen molar-refractivity contribution in [3.63, 3.8) is 0 Å². The van der Waals surface area contributed by atoms with E-state index in [1.165, 1.54) is 6.42 Å². The number of carbonyl (C=O) groups excluding carboxylic acids is 1. The number of thioether (sulfide) groups is 1. The Labute approximate surface area is 89.6 Å². The van der Waals surface area contributed by atoms with E-state index >= 15 is 0 Å². The summed E-state index contributed by atoms with van der Waals surface area (Å²) in [5.74, 6) is 1.77. The second-order valence-corrected chi connectivity index (χ2v) is 5.45. The van der Waals surface area contributed by atoms with Gasteiger partial charge in [-0.1, -0.05) is 6.92 Å². The van der Waals surface area contributed by atoms with E-state index in [9.17, 15) is 4.79 Å². The van der Waals surface area contributed by atoms with E-state index in [-0.39, 0.29) is 5.92 Å². The molecule has 0 aromatic rings. The molecule has 1 amide bonds. The van der Waals surface area contributed by atoms with Crippen molar-refractivity contribution in [3.05, 3.63) is 0 Å². The van der Waals surface area contributed by atoms with E-state index in [0.717, 1.165) is 31.9 Å². The van der Waals surface area contributed by atoms with Crippen molar-refractivity contribution in [2.45, 2.75) is 18.6 Å². The lowest BCUT2D eigenvalue weighted by molar-refractivity contribution is -0.137. The minimum absolute atomic E-state index is 0.274. The zero-order valence-electron chi connectivity index (χ0n) is 8.66. The maximum Gasteiger partial charge on any atom is 0.228 e. The lowest BCUT2D eigenvalue weighted by Crippen LogP contribution is -2.54. The summed E-state index contributed by atoms with van der Waals surface area (Å²) in [5, 5.41) is 3.82. The molecule has 0 bridgehead atoms. The Morgan fingerprint density at radius 3 is 2.93 bits per heavy atom. The first-order chi connectivity index (χ1) is 6.81. The van der Waals surface area contributed by atoms with Crippen LogP contribution in [-0.2, 0) is 4.79 Å². The summed E-state index contributed by atoms with van der Waals surface area (Å²) in [6, 6.07) is 0. The van der Waals surface area contributed by atoms with Crippen molar-refractivity contribution in [3.8, 4) is 0 Å². The fourth-order valence-corrected chi connectivity index (χ4v) is 3.07. The Balaban J connectivity index is 1.86. The van der Waals surface area contributed by atoms with Gasteiger partial charge in [-0.2, -0.15) is 11.8 Å². The largest absolute Gasteiger partial charge is 0.340 e. The fourth-order valence-electron chi connectivity index (χ4n) is 1.89.